The molecule has 1 aliphatic heterocycles. The van der Waals surface area contributed by atoms with Crippen LogP contribution < -0.4 is 0 Å². The van der Waals surface area contributed by atoms with E-state index >= 15 is 0 Å². The number of hydrogen-bond donors (Lipinski definition) is 0. The molecule has 0 amide bonds. The van der Waals surface area contributed by atoms with Crippen molar-refractivity contribution in [3.8, 4) is 11.4 Å². The summed E-state index contributed by atoms with van der Waals surface area (Å²) >= 11 is 1.99. The summed E-state index contributed by atoms with van der Waals surface area (Å²) < 4.78 is 4.92. The smallest absolute Gasteiger partial charge is 0.0641 e. The van der Waals surface area contributed by atoms with Gasteiger partial charge in [-0.05, 0) is 54.1 Å². The summed E-state index contributed by atoms with van der Waals surface area (Å²) in [5.74, 6) is 0.440. The van der Waals surface area contributed by atoms with Crippen LogP contribution in [0.15, 0.2) is 138 Å². The summed E-state index contributed by atoms with van der Waals surface area (Å²) in [7, 11) is 0. The van der Waals surface area contributed by atoms with Crippen LogP contribution >= 0.6 is 11.8 Å². The zero-order valence-corrected chi connectivity index (χ0v) is 22.0. The molecule has 39 heavy (non-hydrogen) atoms. The van der Waals surface area contributed by atoms with Crippen molar-refractivity contribution in [2.75, 3.05) is 0 Å². The lowest BCUT2D eigenvalue weighted by atomic mass is 9.92. The van der Waals surface area contributed by atoms with Gasteiger partial charge in [0.15, 0.2) is 0 Å². The third-order valence-electron chi connectivity index (χ3n) is 8.44. The molecule has 0 saturated heterocycles. The lowest BCUT2D eigenvalue weighted by Gasteiger charge is -2.16. The summed E-state index contributed by atoms with van der Waals surface area (Å²) in [6, 6.07) is 40.2. The van der Waals surface area contributed by atoms with Crippen LogP contribution in [0.2, 0.25) is 0 Å². The van der Waals surface area contributed by atoms with E-state index in [9.17, 15) is 0 Å². The Hall–Kier alpha value is -4.47. The zero-order valence-electron chi connectivity index (χ0n) is 21.2. The van der Waals surface area contributed by atoms with E-state index in [1.165, 1.54) is 65.4 Å². The minimum Gasteiger partial charge on any atom is -0.309 e. The van der Waals surface area contributed by atoms with Crippen molar-refractivity contribution in [2.24, 2.45) is 0 Å². The molecule has 2 aromatic heterocycles. The molecule has 3 heterocycles. The second-order valence-corrected chi connectivity index (χ2v) is 11.7. The molecule has 0 spiro atoms. The first kappa shape index (κ1) is 21.5. The van der Waals surface area contributed by atoms with Gasteiger partial charge in [-0.2, -0.15) is 0 Å². The largest absolute Gasteiger partial charge is 0.309 e. The number of hydrogen-bond acceptors (Lipinski definition) is 1. The molecule has 2 atom stereocenters. The molecular weight excluding hydrogens is 492 g/mol. The normalized spacial score (nSPS) is 17.9. The van der Waals surface area contributed by atoms with Crippen LogP contribution in [-0.2, 0) is 0 Å². The molecule has 0 bridgehead atoms. The van der Waals surface area contributed by atoms with Gasteiger partial charge in [0.2, 0.25) is 0 Å². The quantitative estimate of drug-likeness (QED) is 0.222. The highest BCUT2D eigenvalue weighted by molar-refractivity contribution is 8.00. The second kappa shape index (κ2) is 8.02. The van der Waals surface area contributed by atoms with E-state index in [0.717, 1.165) is 0 Å². The minimum atomic E-state index is 0.440. The average molecular weight is 517 g/mol. The highest BCUT2D eigenvalue weighted by Crippen LogP contribution is 2.49. The van der Waals surface area contributed by atoms with E-state index in [1.54, 1.807) is 0 Å². The fourth-order valence-electron chi connectivity index (χ4n) is 6.80. The summed E-state index contributed by atoms with van der Waals surface area (Å²) in [4.78, 5) is 1.40. The van der Waals surface area contributed by atoms with Gasteiger partial charge in [0.05, 0.1) is 22.1 Å². The summed E-state index contributed by atoms with van der Waals surface area (Å²) in [5.41, 5.74) is 8.84. The topological polar surface area (TPSA) is 9.86 Å². The molecule has 184 valence electrons. The lowest BCUT2D eigenvalue weighted by Crippen LogP contribution is -2.07. The van der Waals surface area contributed by atoms with Crippen LogP contribution in [0.5, 0.6) is 0 Å². The maximum atomic E-state index is 2.47. The average Bonchev–Trinajstić information content (AvgIpc) is 3.65. The zero-order chi connectivity index (χ0) is 25.5. The molecule has 0 radical (unpaired) electrons. The number of aromatic nitrogens is 2. The lowest BCUT2D eigenvalue weighted by molar-refractivity contribution is 0.878. The maximum Gasteiger partial charge on any atom is 0.0641 e. The predicted molar refractivity (Wildman–Crippen MR) is 166 cm³/mol. The van der Waals surface area contributed by atoms with Gasteiger partial charge in [0.25, 0.3) is 0 Å². The van der Waals surface area contributed by atoms with Gasteiger partial charge in [0.1, 0.15) is 0 Å². The van der Waals surface area contributed by atoms with Gasteiger partial charge >= 0.3 is 0 Å². The van der Waals surface area contributed by atoms with E-state index in [1.807, 2.05) is 11.8 Å². The first-order valence-corrected chi connectivity index (χ1v) is 14.4. The Balaban J connectivity index is 1.41. The second-order valence-electron chi connectivity index (χ2n) is 10.5. The van der Waals surface area contributed by atoms with Gasteiger partial charge in [-0.3, -0.25) is 0 Å². The van der Waals surface area contributed by atoms with Crippen molar-refractivity contribution < 1.29 is 0 Å². The highest BCUT2D eigenvalue weighted by Gasteiger charge is 2.31. The van der Waals surface area contributed by atoms with Gasteiger partial charge in [-0.1, -0.05) is 85.0 Å². The number of benzene rings is 5. The molecular formula is C36H24N2S. The van der Waals surface area contributed by atoms with Crippen molar-refractivity contribution in [3.05, 3.63) is 139 Å². The Bertz CT molecular complexity index is 2160. The van der Waals surface area contributed by atoms with E-state index < -0.39 is 0 Å². The first-order valence-electron chi connectivity index (χ1n) is 13.5. The third kappa shape index (κ3) is 2.94. The summed E-state index contributed by atoms with van der Waals surface area (Å²) in [6.07, 6.45) is 9.09. The molecule has 3 heteroatoms. The van der Waals surface area contributed by atoms with Crippen molar-refractivity contribution >= 4 is 55.4 Å². The summed E-state index contributed by atoms with van der Waals surface area (Å²) in [6.45, 7) is 0. The van der Waals surface area contributed by atoms with Gasteiger partial charge in [0, 0.05) is 49.0 Å². The SMILES string of the molecule is C1=CC2Sc3ccc(-n4c5ccccc5c5c4ccc4c6ccccc6n(-c6ccccc6)c45)cc3C2C=C1. The number of nitrogens with zero attached hydrogens (tertiary/aromatic N) is 2. The number of allylic oxidation sites excluding steroid dienone is 3. The Morgan fingerprint density at radius 2 is 1.28 bits per heavy atom. The first-order chi connectivity index (χ1) is 19.4. The number of thioether (sulfide) groups is 1. The maximum absolute atomic E-state index is 2.47. The number of rotatable bonds is 2. The highest BCUT2D eigenvalue weighted by atomic mass is 32.2. The van der Waals surface area contributed by atoms with E-state index in [2.05, 4.69) is 143 Å². The molecule has 1 aliphatic carbocycles. The van der Waals surface area contributed by atoms with Crippen LogP contribution in [-0.4, -0.2) is 14.4 Å². The Morgan fingerprint density at radius 3 is 2.15 bits per heavy atom. The van der Waals surface area contributed by atoms with Crippen LogP contribution in [0.3, 0.4) is 0 Å². The standard InChI is InChI=1S/C36H24N2S/c1-2-10-23(11-3-1)38-30-15-7-4-12-25(30)27-19-20-32-35(36(27)38)28-14-5-8-16-31(28)37(32)24-18-21-34-29(22-24)26-13-6-9-17-33(26)39-34/h1-22,26,33H. The van der Waals surface area contributed by atoms with E-state index in [0.29, 0.717) is 11.2 Å². The molecule has 2 nitrogen and oxygen atoms in total. The minimum absolute atomic E-state index is 0.440. The predicted octanol–water partition coefficient (Wildman–Crippen LogP) is 9.56. The van der Waals surface area contributed by atoms with E-state index in [-0.39, 0.29) is 0 Å². The molecule has 2 aliphatic rings. The van der Waals surface area contributed by atoms with Crippen LogP contribution in [0.4, 0.5) is 0 Å². The van der Waals surface area contributed by atoms with Gasteiger partial charge in [-0.15, -0.1) is 11.8 Å². The van der Waals surface area contributed by atoms with Crippen molar-refractivity contribution in [1.29, 1.82) is 0 Å². The fourth-order valence-corrected chi connectivity index (χ4v) is 8.13. The molecule has 0 fully saturated rings. The monoisotopic (exact) mass is 516 g/mol. The molecule has 0 saturated carbocycles. The molecule has 7 aromatic rings. The van der Waals surface area contributed by atoms with Gasteiger partial charge < -0.3 is 9.13 Å². The third-order valence-corrected chi connectivity index (χ3v) is 9.79. The molecule has 0 N–H and O–H groups in total. The van der Waals surface area contributed by atoms with Crippen LogP contribution in [0, 0.1) is 0 Å². The Morgan fingerprint density at radius 1 is 0.538 bits per heavy atom. The van der Waals surface area contributed by atoms with Crippen LogP contribution in [0.1, 0.15) is 11.5 Å². The van der Waals surface area contributed by atoms with E-state index in [4.69, 9.17) is 0 Å². The number of para-hydroxylation sites is 3. The fraction of sp³-hybridized carbons (Fsp3) is 0.0556. The van der Waals surface area contributed by atoms with Crippen molar-refractivity contribution in [3.63, 3.8) is 0 Å². The Labute approximate surface area is 230 Å². The molecule has 2 unspecified atom stereocenters. The number of fused-ring (bicyclic) bond motifs is 10. The molecule has 5 aromatic carbocycles. The van der Waals surface area contributed by atoms with Crippen molar-refractivity contribution in [1.82, 2.24) is 9.13 Å². The van der Waals surface area contributed by atoms with Crippen LogP contribution in [0.25, 0.3) is 55.0 Å². The van der Waals surface area contributed by atoms with Crippen molar-refractivity contribution in [2.45, 2.75) is 16.1 Å². The van der Waals surface area contributed by atoms with Gasteiger partial charge in [-0.25, -0.2) is 0 Å². The molecule has 9 rings (SSSR count). The Kier molecular flexibility index (Phi) is 4.41. The summed E-state index contributed by atoms with van der Waals surface area (Å²) in [5, 5.41) is 5.66.